The predicted octanol–water partition coefficient (Wildman–Crippen LogP) is 4.41. The van der Waals surface area contributed by atoms with Crippen LogP contribution >= 0.6 is 11.8 Å². The van der Waals surface area contributed by atoms with E-state index in [2.05, 4.69) is 24.5 Å². The molecule has 0 fully saturated rings. The molecule has 0 spiro atoms. The Morgan fingerprint density at radius 1 is 1.23 bits per heavy atom. The van der Waals surface area contributed by atoms with Crippen molar-refractivity contribution < 1.29 is 14.3 Å². The normalized spacial score (nSPS) is 13.1. The molecule has 0 aromatic heterocycles. The van der Waals surface area contributed by atoms with Crippen LogP contribution in [0.15, 0.2) is 47.4 Å². The van der Waals surface area contributed by atoms with Gasteiger partial charge in [-0.1, -0.05) is 13.8 Å². The van der Waals surface area contributed by atoms with Gasteiger partial charge < -0.3 is 15.4 Å². The van der Waals surface area contributed by atoms with E-state index >= 15 is 0 Å². The molecular formula is C20H22N2O3S. The molecule has 2 N–H and O–H groups in total. The number of thioether (sulfide) groups is 1. The molecule has 2 aromatic rings. The Balaban J connectivity index is 1.61. The van der Waals surface area contributed by atoms with E-state index in [4.69, 9.17) is 4.74 Å². The lowest BCUT2D eigenvalue weighted by atomic mass is 10.1. The largest absolute Gasteiger partial charge is 0.494 e. The van der Waals surface area contributed by atoms with Crippen LogP contribution in [0.1, 0.15) is 30.6 Å². The van der Waals surface area contributed by atoms with Crippen LogP contribution in [0.2, 0.25) is 0 Å². The van der Waals surface area contributed by atoms with Crippen LogP contribution in [-0.2, 0) is 4.79 Å². The standard InChI is InChI=1S/C20H22N2O3S/c1-13(2)9-10-25-16-6-3-14(4-7-16)20(24)21-15-5-8-18-17(11-15)22-19(23)12-26-18/h3-8,11,13H,9-10,12H2,1-2H3,(H,21,24)(H,22,23). The summed E-state index contributed by atoms with van der Waals surface area (Å²) in [6.07, 6.45) is 0.995. The molecule has 0 bridgehead atoms. The highest BCUT2D eigenvalue weighted by Crippen LogP contribution is 2.33. The molecule has 136 valence electrons. The lowest BCUT2D eigenvalue weighted by Gasteiger charge is -2.17. The van der Waals surface area contributed by atoms with E-state index in [1.54, 1.807) is 30.3 Å². The third kappa shape index (κ3) is 4.79. The zero-order valence-corrected chi connectivity index (χ0v) is 15.7. The Hall–Kier alpha value is -2.47. The van der Waals surface area contributed by atoms with E-state index in [1.807, 2.05) is 12.1 Å². The molecule has 3 rings (SSSR count). The van der Waals surface area contributed by atoms with Gasteiger partial charge in [-0.15, -0.1) is 11.8 Å². The number of carbonyl (C=O) groups is 2. The van der Waals surface area contributed by atoms with Crippen molar-refractivity contribution in [2.45, 2.75) is 25.2 Å². The second-order valence-corrected chi connectivity index (χ2v) is 7.57. The Bertz CT molecular complexity index is 803. The molecule has 26 heavy (non-hydrogen) atoms. The molecule has 6 heteroatoms. The second kappa shape index (κ2) is 8.27. The molecule has 1 heterocycles. The number of ether oxygens (including phenoxy) is 1. The highest BCUT2D eigenvalue weighted by atomic mass is 32.2. The summed E-state index contributed by atoms with van der Waals surface area (Å²) < 4.78 is 5.67. The predicted molar refractivity (Wildman–Crippen MR) is 105 cm³/mol. The van der Waals surface area contributed by atoms with Crippen LogP contribution in [-0.4, -0.2) is 24.2 Å². The Kier molecular flexibility index (Phi) is 5.83. The minimum Gasteiger partial charge on any atom is -0.494 e. The first kappa shape index (κ1) is 18.3. The molecule has 0 aliphatic carbocycles. The zero-order valence-electron chi connectivity index (χ0n) is 14.9. The number of hydrogen-bond acceptors (Lipinski definition) is 4. The van der Waals surface area contributed by atoms with Crippen LogP contribution in [0.25, 0.3) is 0 Å². The number of hydrogen-bond donors (Lipinski definition) is 2. The quantitative estimate of drug-likeness (QED) is 0.790. The lowest BCUT2D eigenvalue weighted by Crippen LogP contribution is -2.19. The van der Waals surface area contributed by atoms with Crippen LogP contribution < -0.4 is 15.4 Å². The van der Waals surface area contributed by atoms with Crippen LogP contribution in [0, 0.1) is 5.92 Å². The molecule has 0 radical (unpaired) electrons. The van der Waals surface area contributed by atoms with E-state index in [-0.39, 0.29) is 11.8 Å². The average molecular weight is 370 g/mol. The van der Waals surface area contributed by atoms with Gasteiger partial charge in [-0.05, 0) is 54.8 Å². The molecule has 0 unspecified atom stereocenters. The first-order valence-electron chi connectivity index (χ1n) is 8.62. The van der Waals surface area contributed by atoms with Gasteiger partial charge in [0.15, 0.2) is 0 Å². The van der Waals surface area contributed by atoms with Gasteiger partial charge in [0, 0.05) is 16.1 Å². The van der Waals surface area contributed by atoms with E-state index in [9.17, 15) is 9.59 Å². The van der Waals surface area contributed by atoms with E-state index in [0.29, 0.717) is 29.5 Å². The van der Waals surface area contributed by atoms with Gasteiger partial charge in [0.25, 0.3) is 5.91 Å². The van der Waals surface area contributed by atoms with Crippen molar-refractivity contribution in [2.75, 3.05) is 23.0 Å². The van der Waals surface area contributed by atoms with Crippen molar-refractivity contribution in [2.24, 2.45) is 5.92 Å². The third-order valence-electron chi connectivity index (χ3n) is 3.95. The summed E-state index contributed by atoms with van der Waals surface area (Å²) in [6, 6.07) is 12.6. The molecule has 0 atom stereocenters. The number of amides is 2. The summed E-state index contributed by atoms with van der Waals surface area (Å²) in [5.74, 6) is 1.55. The molecule has 1 aliphatic rings. The van der Waals surface area contributed by atoms with Crippen molar-refractivity contribution in [3.8, 4) is 5.75 Å². The first-order chi connectivity index (χ1) is 12.5. The molecule has 0 saturated carbocycles. The average Bonchev–Trinajstić information content (AvgIpc) is 2.61. The van der Waals surface area contributed by atoms with Gasteiger partial charge in [0.05, 0.1) is 18.0 Å². The van der Waals surface area contributed by atoms with Crippen molar-refractivity contribution in [3.05, 3.63) is 48.0 Å². The Labute approximate surface area is 157 Å². The number of carbonyl (C=O) groups excluding carboxylic acids is 2. The maximum absolute atomic E-state index is 12.4. The third-order valence-corrected chi connectivity index (χ3v) is 5.02. The molecule has 0 saturated heterocycles. The van der Waals surface area contributed by atoms with Crippen LogP contribution in [0.5, 0.6) is 5.75 Å². The fourth-order valence-corrected chi connectivity index (χ4v) is 3.27. The highest BCUT2D eigenvalue weighted by molar-refractivity contribution is 8.00. The van der Waals surface area contributed by atoms with Crippen molar-refractivity contribution in [1.29, 1.82) is 0 Å². The van der Waals surface area contributed by atoms with Gasteiger partial charge in [-0.2, -0.15) is 0 Å². The van der Waals surface area contributed by atoms with Crippen molar-refractivity contribution >= 4 is 35.0 Å². The van der Waals surface area contributed by atoms with E-state index in [0.717, 1.165) is 22.8 Å². The summed E-state index contributed by atoms with van der Waals surface area (Å²) in [7, 11) is 0. The zero-order chi connectivity index (χ0) is 18.5. The molecule has 1 aliphatic heterocycles. The second-order valence-electron chi connectivity index (χ2n) is 6.56. The van der Waals surface area contributed by atoms with Gasteiger partial charge in [0.1, 0.15) is 5.75 Å². The minimum absolute atomic E-state index is 0.0287. The van der Waals surface area contributed by atoms with E-state index < -0.39 is 0 Å². The van der Waals surface area contributed by atoms with Crippen molar-refractivity contribution in [1.82, 2.24) is 0 Å². The number of nitrogens with one attached hydrogen (secondary N) is 2. The summed E-state index contributed by atoms with van der Waals surface area (Å²) in [5.41, 5.74) is 1.93. The fraction of sp³-hybridized carbons (Fsp3) is 0.300. The molecule has 2 aromatic carbocycles. The van der Waals surface area contributed by atoms with Gasteiger partial charge in [-0.25, -0.2) is 0 Å². The molecule has 2 amide bonds. The molecular weight excluding hydrogens is 348 g/mol. The van der Waals surface area contributed by atoms with Crippen LogP contribution in [0.4, 0.5) is 11.4 Å². The van der Waals surface area contributed by atoms with Crippen LogP contribution in [0.3, 0.4) is 0 Å². The van der Waals surface area contributed by atoms with Gasteiger partial charge in [0.2, 0.25) is 5.91 Å². The van der Waals surface area contributed by atoms with E-state index in [1.165, 1.54) is 11.8 Å². The molecule has 5 nitrogen and oxygen atoms in total. The number of fused-ring (bicyclic) bond motifs is 1. The topological polar surface area (TPSA) is 67.4 Å². The summed E-state index contributed by atoms with van der Waals surface area (Å²) >= 11 is 1.49. The maximum Gasteiger partial charge on any atom is 0.255 e. The Morgan fingerprint density at radius 2 is 2.00 bits per heavy atom. The Morgan fingerprint density at radius 3 is 2.73 bits per heavy atom. The minimum atomic E-state index is -0.200. The summed E-state index contributed by atoms with van der Waals surface area (Å²) in [5, 5.41) is 5.68. The number of anilines is 2. The SMILES string of the molecule is CC(C)CCOc1ccc(C(=O)Nc2ccc3c(c2)NC(=O)CS3)cc1. The first-order valence-corrected chi connectivity index (χ1v) is 9.61. The lowest BCUT2D eigenvalue weighted by molar-refractivity contribution is -0.113. The fourth-order valence-electron chi connectivity index (χ4n) is 2.48. The van der Waals surface area contributed by atoms with Gasteiger partial charge >= 0.3 is 0 Å². The number of benzene rings is 2. The van der Waals surface area contributed by atoms with Crippen molar-refractivity contribution in [3.63, 3.8) is 0 Å². The monoisotopic (exact) mass is 370 g/mol. The number of rotatable bonds is 6. The highest BCUT2D eigenvalue weighted by Gasteiger charge is 2.16. The summed E-state index contributed by atoms with van der Waals surface area (Å²) in [6.45, 7) is 4.98. The maximum atomic E-state index is 12.4. The van der Waals surface area contributed by atoms with Gasteiger partial charge in [-0.3, -0.25) is 9.59 Å². The smallest absolute Gasteiger partial charge is 0.255 e. The summed E-state index contributed by atoms with van der Waals surface area (Å²) in [4.78, 5) is 24.9.